The molecule has 0 aliphatic heterocycles. The number of ether oxygens (including phenoxy) is 3. The van der Waals surface area contributed by atoms with Crippen molar-refractivity contribution in [1.82, 2.24) is 4.90 Å². The van der Waals surface area contributed by atoms with Crippen molar-refractivity contribution in [3.05, 3.63) is 63.2 Å². The van der Waals surface area contributed by atoms with Crippen LogP contribution in [0.2, 0.25) is 0 Å². The maximum atomic E-state index is 13.1. The molecule has 0 aliphatic carbocycles. The summed E-state index contributed by atoms with van der Waals surface area (Å²) in [6.45, 7) is 4.13. The van der Waals surface area contributed by atoms with Crippen LogP contribution in [0.25, 0.3) is 0 Å². The topological polar surface area (TPSA) is 108 Å². The minimum Gasteiger partial charge on any atom is -0.493 e. The first-order chi connectivity index (χ1) is 14.3. The smallest absolute Gasteiger partial charge is 0.338 e. The number of carbonyl (C=O) groups is 2. The third-order valence-electron chi connectivity index (χ3n) is 4.38. The number of carbonyl (C=O) groups excluding carboxylic acids is 2. The molecule has 0 atom stereocenters. The normalized spacial score (nSPS) is 10.3. The maximum Gasteiger partial charge on any atom is 0.338 e. The highest BCUT2D eigenvalue weighted by Gasteiger charge is 2.22. The monoisotopic (exact) mass is 416 g/mol. The SMILES string of the molecule is CCOC(=O)c1cc(C(=O)N(CC)Cc2ccc(OC)c(OC)c2)cc([N+](=O)[O-])c1. The van der Waals surface area contributed by atoms with Crippen molar-refractivity contribution in [2.24, 2.45) is 0 Å². The van der Waals surface area contributed by atoms with Crippen LogP contribution in [0.3, 0.4) is 0 Å². The molecule has 30 heavy (non-hydrogen) atoms. The van der Waals surface area contributed by atoms with Gasteiger partial charge in [-0.3, -0.25) is 14.9 Å². The summed E-state index contributed by atoms with van der Waals surface area (Å²) in [5.41, 5.74) is 0.427. The van der Waals surface area contributed by atoms with Crippen LogP contribution in [-0.2, 0) is 11.3 Å². The van der Waals surface area contributed by atoms with E-state index < -0.39 is 16.8 Å². The average Bonchev–Trinajstić information content (AvgIpc) is 2.76. The van der Waals surface area contributed by atoms with Crippen LogP contribution in [0.15, 0.2) is 36.4 Å². The van der Waals surface area contributed by atoms with Crippen LogP contribution in [0.4, 0.5) is 5.69 Å². The zero-order valence-corrected chi connectivity index (χ0v) is 17.3. The highest BCUT2D eigenvalue weighted by molar-refractivity contribution is 5.99. The number of rotatable bonds is 9. The summed E-state index contributed by atoms with van der Waals surface area (Å²) in [5, 5.41) is 11.3. The Morgan fingerprint density at radius 1 is 1.00 bits per heavy atom. The molecule has 0 bridgehead atoms. The van der Waals surface area contributed by atoms with Gasteiger partial charge in [-0.2, -0.15) is 0 Å². The summed E-state index contributed by atoms with van der Waals surface area (Å²) in [7, 11) is 3.05. The minimum atomic E-state index is -0.724. The predicted molar refractivity (Wildman–Crippen MR) is 109 cm³/mol. The van der Waals surface area contributed by atoms with Gasteiger partial charge in [-0.25, -0.2) is 4.79 Å². The Balaban J connectivity index is 2.36. The van der Waals surface area contributed by atoms with E-state index in [0.717, 1.165) is 17.7 Å². The second kappa shape index (κ2) is 10.2. The Morgan fingerprint density at radius 2 is 1.67 bits per heavy atom. The molecule has 0 spiro atoms. The number of hydrogen-bond acceptors (Lipinski definition) is 7. The van der Waals surface area contributed by atoms with E-state index in [2.05, 4.69) is 0 Å². The fourth-order valence-electron chi connectivity index (χ4n) is 2.88. The first-order valence-corrected chi connectivity index (χ1v) is 9.31. The van der Waals surface area contributed by atoms with E-state index in [1.165, 1.54) is 25.2 Å². The van der Waals surface area contributed by atoms with Crippen molar-refractivity contribution >= 4 is 17.6 Å². The molecule has 0 aliphatic rings. The third-order valence-corrected chi connectivity index (χ3v) is 4.38. The molecule has 9 heteroatoms. The molecule has 2 rings (SSSR count). The molecule has 0 aromatic heterocycles. The Labute approximate surface area is 174 Å². The van der Waals surface area contributed by atoms with E-state index in [1.807, 2.05) is 0 Å². The zero-order chi connectivity index (χ0) is 22.3. The highest BCUT2D eigenvalue weighted by atomic mass is 16.6. The Kier molecular flexibility index (Phi) is 7.74. The molecule has 160 valence electrons. The van der Waals surface area contributed by atoms with Crippen LogP contribution in [0.1, 0.15) is 40.1 Å². The van der Waals surface area contributed by atoms with Crippen molar-refractivity contribution in [3.63, 3.8) is 0 Å². The second-order valence-electron chi connectivity index (χ2n) is 6.25. The molecule has 0 saturated heterocycles. The molecule has 0 fully saturated rings. The van der Waals surface area contributed by atoms with Crippen LogP contribution < -0.4 is 9.47 Å². The van der Waals surface area contributed by atoms with E-state index in [0.29, 0.717) is 18.0 Å². The summed E-state index contributed by atoms with van der Waals surface area (Å²) in [6, 6.07) is 8.85. The van der Waals surface area contributed by atoms with Gasteiger partial charge >= 0.3 is 5.97 Å². The summed E-state index contributed by atoms with van der Waals surface area (Å²) in [4.78, 5) is 37.3. The largest absolute Gasteiger partial charge is 0.493 e. The molecule has 2 aromatic carbocycles. The van der Waals surface area contributed by atoms with Crippen molar-refractivity contribution in [2.45, 2.75) is 20.4 Å². The molecule has 1 amide bonds. The number of amides is 1. The van der Waals surface area contributed by atoms with Crippen LogP contribution in [-0.4, -0.2) is 49.1 Å². The van der Waals surface area contributed by atoms with Gasteiger partial charge in [0.1, 0.15) is 0 Å². The number of non-ortho nitro benzene ring substituents is 1. The molecular weight excluding hydrogens is 392 g/mol. The van der Waals surface area contributed by atoms with Gasteiger partial charge in [-0.05, 0) is 37.6 Å². The van der Waals surface area contributed by atoms with Gasteiger partial charge in [0, 0.05) is 30.8 Å². The number of hydrogen-bond donors (Lipinski definition) is 0. The van der Waals surface area contributed by atoms with Gasteiger partial charge in [0.2, 0.25) is 0 Å². The molecule has 0 heterocycles. The molecule has 9 nitrogen and oxygen atoms in total. The molecular formula is C21H24N2O7. The lowest BCUT2D eigenvalue weighted by atomic mass is 10.1. The Hall–Kier alpha value is -3.62. The number of methoxy groups -OCH3 is 2. The van der Waals surface area contributed by atoms with Gasteiger partial charge in [0.25, 0.3) is 11.6 Å². The van der Waals surface area contributed by atoms with Crippen LogP contribution in [0.5, 0.6) is 11.5 Å². The molecule has 0 saturated carbocycles. The first-order valence-electron chi connectivity index (χ1n) is 9.31. The van der Waals surface area contributed by atoms with E-state index >= 15 is 0 Å². The summed E-state index contributed by atoms with van der Waals surface area (Å²) >= 11 is 0. The second-order valence-corrected chi connectivity index (χ2v) is 6.25. The van der Waals surface area contributed by atoms with Crippen molar-refractivity contribution in [1.29, 1.82) is 0 Å². The quantitative estimate of drug-likeness (QED) is 0.350. The van der Waals surface area contributed by atoms with Crippen LogP contribution >= 0.6 is 0 Å². The van der Waals surface area contributed by atoms with Gasteiger partial charge in [0.05, 0.1) is 31.3 Å². The molecule has 0 radical (unpaired) electrons. The fourth-order valence-corrected chi connectivity index (χ4v) is 2.88. The van der Waals surface area contributed by atoms with Gasteiger partial charge in [0.15, 0.2) is 11.5 Å². The van der Waals surface area contributed by atoms with Crippen LogP contribution in [0, 0.1) is 10.1 Å². The van der Waals surface area contributed by atoms with Crippen molar-refractivity contribution in [2.75, 3.05) is 27.4 Å². The maximum absolute atomic E-state index is 13.1. The van der Waals surface area contributed by atoms with E-state index in [9.17, 15) is 19.7 Å². The number of nitro groups is 1. The predicted octanol–water partition coefficient (Wildman–Crippen LogP) is 3.45. The van der Waals surface area contributed by atoms with Crippen molar-refractivity contribution < 1.29 is 28.7 Å². The number of esters is 1. The van der Waals surface area contributed by atoms with Gasteiger partial charge in [-0.15, -0.1) is 0 Å². The zero-order valence-electron chi connectivity index (χ0n) is 17.3. The lowest BCUT2D eigenvalue weighted by molar-refractivity contribution is -0.384. The molecule has 0 N–H and O–H groups in total. The van der Waals surface area contributed by atoms with E-state index in [1.54, 1.807) is 32.0 Å². The number of nitro benzene ring substituents is 1. The summed E-state index contributed by atoms with van der Waals surface area (Å²) in [6.07, 6.45) is 0. The Morgan fingerprint density at radius 3 is 2.23 bits per heavy atom. The average molecular weight is 416 g/mol. The minimum absolute atomic E-state index is 0.0366. The molecule has 0 unspecified atom stereocenters. The van der Waals surface area contributed by atoms with Gasteiger partial charge < -0.3 is 19.1 Å². The van der Waals surface area contributed by atoms with E-state index in [-0.39, 0.29) is 30.0 Å². The van der Waals surface area contributed by atoms with Gasteiger partial charge in [-0.1, -0.05) is 6.07 Å². The molecule has 2 aromatic rings. The lowest BCUT2D eigenvalue weighted by Gasteiger charge is -2.22. The lowest BCUT2D eigenvalue weighted by Crippen LogP contribution is -2.30. The third kappa shape index (κ3) is 5.25. The first kappa shape index (κ1) is 22.7. The summed E-state index contributed by atoms with van der Waals surface area (Å²) < 4.78 is 15.4. The highest BCUT2D eigenvalue weighted by Crippen LogP contribution is 2.28. The number of nitrogens with zero attached hydrogens (tertiary/aromatic N) is 2. The number of benzene rings is 2. The Bertz CT molecular complexity index is 943. The standard InChI is InChI=1S/C21H24N2O7/c1-5-22(13-14-7-8-18(28-3)19(9-14)29-4)20(24)15-10-16(21(25)30-6-2)12-17(11-15)23(26)27/h7-12H,5-6,13H2,1-4H3. The van der Waals surface area contributed by atoms with E-state index in [4.69, 9.17) is 14.2 Å². The fraction of sp³-hybridized carbons (Fsp3) is 0.333. The summed E-state index contributed by atoms with van der Waals surface area (Å²) in [5.74, 6) is -0.0773. The van der Waals surface area contributed by atoms with Crippen molar-refractivity contribution in [3.8, 4) is 11.5 Å².